The second-order valence-corrected chi connectivity index (χ2v) is 3.98. The molecule has 0 unspecified atom stereocenters. The van der Waals surface area contributed by atoms with Gasteiger partial charge in [-0.05, 0) is 0 Å². The van der Waals surface area contributed by atoms with Crippen LogP contribution in [0, 0.1) is 0 Å². The van der Waals surface area contributed by atoms with Crippen molar-refractivity contribution < 1.29 is 4.52 Å². The van der Waals surface area contributed by atoms with Gasteiger partial charge in [0.05, 0.1) is 24.5 Å². The summed E-state index contributed by atoms with van der Waals surface area (Å²) in [5.74, 6) is 0.790. The predicted molar refractivity (Wildman–Crippen MR) is 64.6 cm³/mol. The molecule has 2 N–H and O–H groups in total. The summed E-state index contributed by atoms with van der Waals surface area (Å²) < 4.78 is 8.46. The Morgan fingerprint density at radius 3 is 3.00 bits per heavy atom. The fraction of sp³-hybridized carbons (Fsp3) is 0.300. The minimum Gasteiger partial charge on any atom is -0.332 e. The van der Waals surface area contributed by atoms with Crippen molar-refractivity contribution in [3.05, 3.63) is 18.6 Å². The van der Waals surface area contributed by atoms with E-state index in [9.17, 15) is 0 Å². The van der Waals surface area contributed by atoms with Crippen molar-refractivity contribution in [2.24, 2.45) is 12.8 Å². The first-order chi connectivity index (χ1) is 9.26. The lowest BCUT2D eigenvalue weighted by Crippen LogP contribution is -2.10. The van der Waals surface area contributed by atoms with Gasteiger partial charge in [0.2, 0.25) is 5.82 Å². The molecule has 0 atom stereocenters. The van der Waals surface area contributed by atoms with Gasteiger partial charge in [0.25, 0.3) is 5.89 Å². The third kappa shape index (κ3) is 2.22. The maximum absolute atomic E-state index is 5.44. The van der Waals surface area contributed by atoms with E-state index >= 15 is 0 Å². The van der Waals surface area contributed by atoms with E-state index in [4.69, 9.17) is 10.3 Å². The van der Waals surface area contributed by atoms with Gasteiger partial charge in [-0.2, -0.15) is 10.1 Å². The summed E-state index contributed by atoms with van der Waals surface area (Å²) in [6, 6.07) is 0. The molecule has 3 aromatic heterocycles. The molecule has 98 valence electrons. The molecule has 9 heteroatoms. The second-order valence-electron chi connectivity index (χ2n) is 3.98. The molecule has 0 bridgehead atoms. The molecule has 9 nitrogen and oxygen atoms in total. The van der Waals surface area contributed by atoms with Crippen LogP contribution in [0.5, 0.6) is 0 Å². The molecule has 0 spiro atoms. The molecule has 0 aliphatic heterocycles. The van der Waals surface area contributed by atoms with Crippen LogP contribution in [0.15, 0.2) is 23.1 Å². The van der Waals surface area contributed by atoms with E-state index in [-0.39, 0.29) is 0 Å². The smallest absolute Gasteiger partial charge is 0.280 e. The molecule has 0 saturated heterocycles. The number of hydrogen-bond donors (Lipinski definition) is 1. The normalized spacial score (nSPS) is 11.1. The van der Waals surface area contributed by atoms with Crippen molar-refractivity contribution in [2.75, 3.05) is 6.54 Å². The summed E-state index contributed by atoms with van der Waals surface area (Å²) in [6.45, 7) is 1.09. The summed E-state index contributed by atoms with van der Waals surface area (Å²) in [5.41, 5.74) is 6.75. The SMILES string of the molecule is Cn1cc(-c2noc(-c3cn(CCN)nn3)n2)cn1. The molecule has 0 fully saturated rings. The number of rotatable bonds is 4. The highest BCUT2D eigenvalue weighted by molar-refractivity contribution is 5.55. The van der Waals surface area contributed by atoms with Crippen molar-refractivity contribution >= 4 is 0 Å². The summed E-state index contributed by atoms with van der Waals surface area (Å²) in [6.07, 6.45) is 5.19. The van der Waals surface area contributed by atoms with Crippen molar-refractivity contribution in [3.8, 4) is 23.0 Å². The Morgan fingerprint density at radius 2 is 2.26 bits per heavy atom. The highest BCUT2D eigenvalue weighted by Gasteiger charge is 2.14. The van der Waals surface area contributed by atoms with Gasteiger partial charge < -0.3 is 10.3 Å². The number of nitrogens with two attached hydrogens (primary N) is 1. The molecule has 0 aliphatic carbocycles. The summed E-state index contributed by atoms with van der Waals surface area (Å²) in [4.78, 5) is 4.26. The number of hydrogen-bond acceptors (Lipinski definition) is 7. The van der Waals surface area contributed by atoms with Gasteiger partial charge in [-0.1, -0.05) is 10.4 Å². The summed E-state index contributed by atoms with van der Waals surface area (Å²) in [7, 11) is 1.82. The van der Waals surface area contributed by atoms with E-state index < -0.39 is 0 Å². The topological polar surface area (TPSA) is 113 Å². The Labute approximate surface area is 108 Å². The van der Waals surface area contributed by atoms with Crippen molar-refractivity contribution in [3.63, 3.8) is 0 Å². The quantitative estimate of drug-likeness (QED) is 0.684. The van der Waals surface area contributed by atoms with Crippen molar-refractivity contribution in [1.29, 1.82) is 0 Å². The minimum atomic E-state index is 0.321. The van der Waals surface area contributed by atoms with Gasteiger partial charge in [-0.25, -0.2) is 0 Å². The Bertz CT molecular complexity index is 681. The average Bonchev–Trinajstić information content (AvgIpc) is 3.07. The fourth-order valence-electron chi connectivity index (χ4n) is 1.62. The standard InChI is InChI=1S/C10H12N8O/c1-17-5-7(4-12-17)9-13-10(19-15-9)8-6-18(3-2-11)16-14-8/h4-6H,2-3,11H2,1H3. The van der Waals surface area contributed by atoms with Gasteiger partial charge in [0, 0.05) is 19.8 Å². The molecule has 3 aromatic rings. The van der Waals surface area contributed by atoms with E-state index in [1.165, 1.54) is 0 Å². The van der Waals surface area contributed by atoms with E-state index in [0.717, 1.165) is 5.56 Å². The monoisotopic (exact) mass is 260 g/mol. The lowest BCUT2D eigenvalue weighted by molar-refractivity contribution is 0.431. The molecule has 19 heavy (non-hydrogen) atoms. The van der Waals surface area contributed by atoms with E-state index in [2.05, 4.69) is 25.6 Å². The van der Waals surface area contributed by atoms with Gasteiger partial charge in [-0.3, -0.25) is 9.36 Å². The Hall–Kier alpha value is -2.55. The first-order valence-electron chi connectivity index (χ1n) is 5.69. The predicted octanol–water partition coefficient (Wildman–Crippen LogP) is -0.313. The maximum Gasteiger partial charge on any atom is 0.280 e. The molecule has 0 radical (unpaired) electrons. The van der Waals surface area contributed by atoms with E-state index in [0.29, 0.717) is 30.5 Å². The molecular formula is C10H12N8O. The van der Waals surface area contributed by atoms with Crippen LogP contribution in [0.25, 0.3) is 23.0 Å². The second kappa shape index (κ2) is 4.61. The highest BCUT2D eigenvalue weighted by Crippen LogP contribution is 2.19. The lowest BCUT2D eigenvalue weighted by atomic mass is 10.3. The van der Waals surface area contributed by atoms with Crippen LogP contribution in [0.1, 0.15) is 0 Å². The van der Waals surface area contributed by atoms with Gasteiger partial charge in [-0.15, -0.1) is 5.10 Å². The largest absolute Gasteiger partial charge is 0.332 e. The zero-order chi connectivity index (χ0) is 13.2. The first-order valence-corrected chi connectivity index (χ1v) is 5.69. The van der Waals surface area contributed by atoms with Crippen LogP contribution in [-0.2, 0) is 13.6 Å². The Balaban J connectivity index is 1.87. The number of aryl methyl sites for hydroxylation is 1. The fourth-order valence-corrected chi connectivity index (χ4v) is 1.62. The number of aromatic nitrogens is 7. The van der Waals surface area contributed by atoms with E-state index in [1.54, 1.807) is 28.0 Å². The highest BCUT2D eigenvalue weighted by atomic mass is 16.5. The van der Waals surface area contributed by atoms with Gasteiger partial charge in [0.1, 0.15) is 0 Å². The first kappa shape index (κ1) is 11.5. The lowest BCUT2D eigenvalue weighted by Gasteiger charge is -1.91. The molecule has 0 amide bonds. The average molecular weight is 260 g/mol. The maximum atomic E-state index is 5.44. The van der Waals surface area contributed by atoms with E-state index in [1.807, 2.05) is 7.05 Å². The van der Waals surface area contributed by atoms with Crippen molar-refractivity contribution in [2.45, 2.75) is 6.54 Å². The molecule has 3 rings (SSSR count). The van der Waals surface area contributed by atoms with Crippen LogP contribution in [0.3, 0.4) is 0 Å². The van der Waals surface area contributed by atoms with Crippen LogP contribution >= 0.6 is 0 Å². The zero-order valence-electron chi connectivity index (χ0n) is 10.3. The van der Waals surface area contributed by atoms with Crippen LogP contribution in [0.4, 0.5) is 0 Å². The Kier molecular flexibility index (Phi) is 2.80. The summed E-state index contributed by atoms with van der Waals surface area (Å²) >= 11 is 0. The van der Waals surface area contributed by atoms with Crippen LogP contribution in [-0.4, -0.2) is 41.5 Å². The van der Waals surface area contributed by atoms with Gasteiger partial charge in [0.15, 0.2) is 5.69 Å². The van der Waals surface area contributed by atoms with Gasteiger partial charge >= 0.3 is 0 Å². The van der Waals surface area contributed by atoms with Crippen molar-refractivity contribution in [1.82, 2.24) is 34.9 Å². The van der Waals surface area contributed by atoms with Crippen LogP contribution < -0.4 is 5.73 Å². The Morgan fingerprint density at radius 1 is 1.37 bits per heavy atom. The molecular weight excluding hydrogens is 248 g/mol. The number of nitrogens with zero attached hydrogens (tertiary/aromatic N) is 7. The zero-order valence-corrected chi connectivity index (χ0v) is 10.3. The molecule has 0 aliphatic rings. The van der Waals surface area contributed by atoms with Crippen LogP contribution in [0.2, 0.25) is 0 Å². The summed E-state index contributed by atoms with van der Waals surface area (Å²) in [5, 5.41) is 15.8. The molecule has 0 aromatic carbocycles. The molecule has 3 heterocycles. The third-order valence-electron chi connectivity index (χ3n) is 2.51. The third-order valence-corrected chi connectivity index (χ3v) is 2.51. The minimum absolute atomic E-state index is 0.321. The molecule has 0 saturated carbocycles.